The molecule has 5 heteroatoms. The van der Waals surface area contributed by atoms with Crippen molar-refractivity contribution in [2.75, 3.05) is 6.54 Å². The predicted octanol–water partition coefficient (Wildman–Crippen LogP) is 2.72. The molecule has 1 aromatic carbocycles. The number of benzene rings is 1. The van der Waals surface area contributed by atoms with E-state index in [1.54, 1.807) is 0 Å². The third kappa shape index (κ3) is 2.34. The van der Waals surface area contributed by atoms with Gasteiger partial charge in [-0.15, -0.1) is 0 Å². The third-order valence-corrected chi connectivity index (χ3v) is 4.31. The number of nitrogens with two attached hydrogens (primary N) is 1. The minimum Gasteiger partial charge on any atom is -0.334 e. The molecule has 3 nitrogen and oxygen atoms in total. The van der Waals surface area contributed by atoms with Crippen molar-refractivity contribution in [2.24, 2.45) is 5.73 Å². The molecule has 17 heavy (non-hydrogen) atoms. The molecule has 2 rings (SSSR count). The molecule has 0 aliphatic carbocycles. The van der Waals surface area contributed by atoms with Crippen molar-refractivity contribution in [3.8, 4) is 0 Å². The average Bonchev–Trinajstić information content (AvgIpc) is 2.57. The molecule has 0 radical (unpaired) electrons. The van der Waals surface area contributed by atoms with Gasteiger partial charge in [-0.1, -0.05) is 17.7 Å². The van der Waals surface area contributed by atoms with E-state index in [2.05, 4.69) is 15.9 Å². The lowest BCUT2D eigenvalue weighted by Gasteiger charge is -2.26. The van der Waals surface area contributed by atoms with Crippen molar-refractivity contribution in [3.05, 3.63) is 33.3 Å². The van der Waals surface area contributed by atoms with E-state index in [1.807, 2.05) is 30.0 Å². The maximum absolute atomic E-state index is 11.8. The van der Waals surface area contributed by atoms with E-state index < -0.39 is 0 Å². The van der Waals surface area contributed by atoms with Gasteiger partial charge in [0.2, 0.25) is 5.91 Å². The Hall–Kier alpha value is -0.580. The maximum atomic E-state index is 11.8. The van der Waals surface area contributed by atoms with Crippen LogP contribution in [-0.4, -0.2) is 23.4 Å². The van der Waals surface area contributed by atoms with Gasteiger partial charge in [0, 0.05) is 23.5 Å². The van der Waals surface area contributed by atoms with Gasteiger partial charge in [0.05, 0.1) is 11.1 Å². The van der Waals surface area contributed by atoms with Crippen LogP contribution in [0, 0.1) is 0 Å². The van der Waals surface area contributed by atoms with Gasteiger partial charge in [0.1, 0.15) is 0 Å². The van der Waals surface area contributed by atoms with Gasteiger partial charge in [-0.05, 0) is 40.5 Å². The molecule has 0 bridgehead atoms. The molecule has 92 valence electrons. The fraction of sp³-hybridized carbons (Fsp3) is 0.417. The molecular weight excluding hydrogens is 304 g/mol. The Morgan fingerprint density at radius 3 is 2.88 bits per heavy atom. The standard InChI is InChI=1S/C12H14BrClN2O/c1-2-16-11(17)6-10(15)12(16)7-3-4-9(14)8(13)5-7/h3-5,10,12H,2,6,15H2,1H3. The largest absolute Gasteiger partial charge is 0.334 e. The van der Waals surface area contributed by atoms with Gasteiger partial charge in [0.15, 0.2) is 0 Å². The number of amides is 1. The van der Waals surface area contributed by atoms with Crippen LogP contribution >= 0.6 is 27.5 Å². The van der Waals surface area contributed by atoms with Crippen molar-refractivity contribution < 1.29 is 4.79 Å². The van der Waals surface area contributed by atoms with Crippen LogP contribution in [0.3, 0.4) is 0 Å². The number of likely N-dealkylation sites (N-methyl/N-ethyl adjacent to an activating group) is 1. The molecule has 2 unspecified atom stereocenters. The van der Waals surface area contributed by atoms with Gasteiger partial charge in [-0.3, -0.25) is 4.79 Å². The van der Waals surface area contributed by atoms with Crippen molar-refractivity contribution in [2.45, 2.75) is 25.4 Å². The molecule has 1 saturated heterocycles. The van der Waals surface area contributed by atoms with Gasteiger partial charge in [-0.2, -0.15) is 0 Å². The Balaban J connectivity index is 2.37. The number of hydrogen-bond acceptors (Lipinski definition) is 2. The second-order valence-electron chi connectivity index (χ2n) is 4.17. The summed E-state index contributed by atoms with van der Waals surface area (Å²) in [6, 6.07) is 5.51. The highest BCUT2D eigenvalue weighted by atomic mass is 79.9. The first-order chi connectivity index (χ1) is 8.04. The first-order valence-electron chi connectivity index (χ1n) is 5.54. The quantitative estimate of drug-likeness (QED) is 0.911. The molecule has 0 spiro atoms. The SMILES string of the molecule is CCN1C(=O)CC(N)C1c1ccc(Cl)c(Br)c1. The summed E-state index contributed by atoms with van der Waals surface area (Å²) in [5.74, 6) is 0.121. The van der Waals surface area contributed by atoms with Gasteiger partial charge >= 0.3 is 0 Å². The van der Waals surface area contributed by atoms with Crippen LogP contribution in [0.5, 0.6) is 0 Å². The number of rotatable bonds is 2. The van der Waals surface area contributed by atoms with Gasteiger partial charge < -0.3 is 10.6 Å². The number of nitrogens with zero attached hydrogens (tertiary/aromatic N) is 1. The van der Waals surface area contributed by atoms with E-state index in [0.717, 1.165) is 10.0 Å². The number of halogens is 2. The topological polar surface area (TPSA) is 46.3 Å². The average molecular weight is 318 g/mol. The smallest absolute Gasteiger partial charge is 0.224 e. The Morgan fingerprint density at radius 1 is 1.59 bits per heavy atom. The van der Waals surface area contributed by atoms with Crippen LogP contribution in [0.25, 0.3) is 0 Å². The Labute approximate surface area is 114 Å². The molecule has 1 fully saturated rings. The van der Waals surface area contributed by atoms with E-state index in [-0.39, 0.29) is 18.0 Å². The van der Waals surface area contributed by atoms with E-state index in [0.29, 0.717) is 18.0 Å². The van der Waals surface area contributed by atoms with Crippen LogP contribution in [0.2, 0.25) is 5.02 Å². The Kier molecular flexibility index (Phi) is 3.76. The molecular formula is C12H14BrClN2O. The first-order valence-corrected chi connectivity index (χ1v) is 6.71. The first kappa shape index (κ1) is 12.9. The monoisotopic (exact) mass is 316 g/mol. The number of likely N-dealkylation sites (tertiary alicyclic amines) is 1. The molecule has 1 aliphatic heterocycles. The summed E-state index contributed by atoms with van der Waals surface area (Å²) in [6.45, 7) is 2.64. The van der Waals surface area contributed by atoms with Crippen LogP contribution in [0.15, 0.2) is 22.7 Å². The second kappa shape index (κ2) is 4.96. The van der Waals surface area contributed by atoms with Crippen molar-refractivity contribution in [1.82, 2.24) is 4.90 Å². The molecule has 0 aromatic heterocycles. The molecule has 2 N–H and O–H groups in total. The zero-order chi connectivity index (χ0) is 12.6. The minimum absolute atomic E-state index is 0.0407. The summed E-state index contributed by atoms with van der Waals surface area (Å²) in [5.41, 5.74) is 7.07. The lowest BCUT2D eigenvalue weighted by molar-refractivity contribution is -0.128. The predicted molar refractivity (Wildman–Crippen MR) is 71.9 cm³/mol. The van der Waals surface area contributed by atoms with Gasteiger partial charge in [0.25, 0.3) is 0 Å². The third-order valence-electron chi connectivity index (χ3n) is 3.10. The lowest BCUT2D eigenvalue weighted by Crippen LogP contribution is -2.32. The summed E-state index contributed by atoms with van der Waals surface area (Å²) in [4.78, 5) is 13.6. The molecule has 1 aliphatic rings. The summed E-state index contributed by atoms with van der Waals surface area (Å²) >= 11 is 9.36. The summed E-state index contributed by atoms with van der Waals surface area (Å²) in [6.07, 6.45) is 0.415. The van der Waals surface area contributed by atoms with Crippen LogP contribution in [0.1, 0.15) is 24.9 Å². The van der Waals surface area contributed by atoms with Crippen molar-refractivity contribution in [1.29, 1.82) is 0 Å². The highest BCUT2D eigenvalue weighted by Crippen LogP contribution is 2.34. The van der Waals surface area contributed by atoms with Crippen LogP contribution in [0.4, 0.5) is 0 Å². The van der Waals surface area contributed by atoms with E-state index in [4.69, 9.17) is 17.3 Å². The highest BCUT2D eigenvalue weighted by molar-refractivity contribution is 9.10. The zero-order valence-corrected chi connectivity index (χ0v) is 11.8. The zero-order valence-electron chi connectivity index (χ0n) is 9.49. The number of hydrogen-bond donors (Lipinski definition) is 1. The molecule has 1 amide bonds. The molecule has 2 atom stereocenters. The van der Waals surface area contributed by atoms with Crippen molar-refractivity contribution >= 4 is 33.4 Å². The number of carbonyl (C=O) groups is 1. The van der Waals surface area contributed by atoms with E-state index >= 15 is 0 Å². The Bertz CT molecular complexity index is 452. The minimum atomic E-state index is -0.143. The second-order valence-corrected chi connectivity index (χ2v) is 5.43. The summed E-state index contributed by atoms with van der Waals surface area (Å²) in [7, 11) is 0. The van der Waals surface area contributed by atoms with Crippen LogP contribution < -0.4 is 5.73 Å². The summed E-state index contributed by atoms with van der Waals surface area (Å²) < 4.78 is 0.833. The van der Waals surface area contributed by atoms with Gasteiger partial charge in [-0.25, -0.2) is 0 Å². The molecule has 1 heterocycles. The van der Waals surface area contributed by atoms with E-state index in [9.17, 15) is 4.79 Å². The van der Waals surface area contributed by atoms with E-state index in [1.165, 1.54) is 0 Å². The lowest BCUT2D eigenvalue weighted by atomic mass is 10.0. The molecule has 0 saturated carbocycles. The highest BCUT2D eigenvalue weighted by Gasteiger charge is 2.37. The number of carbonyl (C=O) groups excluding carboxylic acids is 1. The molecule has 1 aromatic rings. The fourth-order valence-electron chi connectivity index (χ4n) is 2.31. The Morgan fingerprint density at radius 2 is 2.29 bits per heavy atom. The maximum Gasteiger partial charge on any atom is 0.224 e. The van der Waals surface area contributed by atoms with Crippen LogP contribution in [-0.2, 0) is 4.79 Å². The fourth-order valence-corrected chi connectivity index (χ4v) is 2.83. The normalized spacial score (nSPS) is 24.5. The summed E-state index contributed by atoms with van der Waals surface area (Å²) in [5, 5.41) is 0.662. The van der Waals surface area contributed by atoms with Crippen molar-refractivity contribution in [3.63, 3.8) is 0 Å².